The molecule has 1 fully saturated rings. The number of allylic oxidation sites excluding steroid dienone is 28. The van der Waals surface area contributed by atoms with Crippen molar-refractivity contribution in [2.75, 3.05) is 13.7 Å². The maximum absolute atomic E-state index is 13.7. The maximum atomic E-state index is 13.7. The molecule has 5 aliphatic heterocycles. The highest BCUT2D eigenvalue weighted by molar-refractivity contribution is 6.24. The molecule has 5 heterocycles. The van der Waals surface area contributed by atoms with Crippen molar-refractivity contribution in [2.24, 2.45) is 32.7 Å². The largest absolute Gasteiger partial charge is 0.510 e. The van der Waals surface area contributed by atoms with Gasteiger partial charge in [-0.2, -0.15) is 0 Å². The minimum Gasteiger partial charge on any atom is -0.510 e. The molecule has 6 aliphatic rings. The molecule has 9 heteroatoms. The van der Waals surface area contributed by atoms with E-state index in [-0.39, 0.29) is 36.6 Å². The molecule has 89 heavy (non-hydrogen) atoms. The van der Waals surface area contributed by atoms with E-state index in [0.29, 0.717) is 29.0 Å². The fourth-order valence-electron chi connectivity index (χ4n) is 12.6. The van der Waals surface area contributed by atoms with E-state index < -0.39 is 11.9 Å². The van der Waals surface area contributed by atoms with Crippen molar-refractivity contribution >= 4 is 29.1 Å². The van der Waals surface area contributed by atoms with Gasteiger partial charge in [-0.15, -0.1) is 0 Å². The van der Waals surface area contributed by atoms with Gasteiger partial charge in [-0.3, -0.25) is 9.59 Å². The van der Waals surface area contributed by atoms with E-state index in [2.05, 4.69) is 157 Å². The van der Waals surface area contributed by atoms with Gasteiger partial charge in [0.25, 0.3) is 0 Å². The molecule has 3 atom stereocenters. The van der Waals surface area contributed by atoms with Crippen molar-refractivity contribution in [3.8, 4) is 0 Å². The number of nitrogens with zero attached hydrogens (tertiary/aromatic N) is 3. The average molecular weight is 1210 g/mol. The summed E-state index contributed by atoms with van der Waals surface area (Å²) in [6, 6.07) is 0. The molecule has 6 rings (SSSR count). The predicted octanol–water partition coefficient (Wildman–Crippen LogP) is 21.3. The smallest absolute Gasteiger partial charge is 0.321 e. The highest BCUT2D eigenvalue weighted by Crippen LogP contribution is 2.49. The molecule has 0 spiro atoms. The van der Waals surface area contributed by atoms with Crippen LogP contribution in [-0.4, -0.2) is 47.9 Å². The summed E-state index contributed by atoms with van der Waals surface area (Å²) in [5.74, 6) is -2.45. The molecule has 478 valence electrons. The Morgan fingerprint density at radius 3 is 1.48 bits per heavy atom. The SMILES string of the molecule is C=CC1=C(C)C2=NC1=CC1=NC(=CC3=C(C)C4=C(O)[C@H](C(=O)OC)C(=C5NC(=C2)[C@@H](C)[C@@H]5CCC(=O)OC/C=C(\C)CC/C=C(\C)CC/C=C(\C)CC/C=C(\C)CC/C=C(\C)CC/C=C(\C)CC/C=C(\C)CC/C=C(\C)CCC=C(C)C)C4=N3)C(CC)=C1C. The highest BCUT2D eigenvalue weighted by atomic mass is 16.5. The third-order valence-electron chi connectivity index (χ3n) is 18.5. The summed E-state index contributed by atoms with van der Waals surface area (Å²) in [5, 5.41) is 15.7. The first kappa shape index (κ1) is 71.0. The van der Waals surface area contributed by atoms with Crippen LogP contribution in [0.4, 0.5) is 0 Å². The number of aliphatic hydroxyl groups is 1. The summed E-state index contributed by atoms with van der Waals surface area (Å²) < 4.78 is 11.2. The Morgan fingerprint density at radius 2 is 1.03 bits per heavy atom. The van der Waals surface area contributed by atoms with E-state index in [1.54, 1.807) is 0 Å². The maximum Gasteiger partial charge on any atom is 0.321 e. The van der Waals surface area contributed by atoms with E-state index in [4.69, 9.17) is 24.5 Å². The Morgan fingerprint density at radius 1 is 0.584 bits per heavy atom. The minimum atomic E-state index is -1.09. The van der Waals surface area contributed by atoms with Gasteiger partial charge in [0.15, 0.2) is 0 Å². The van der Waals surface area contributed by atoms with Gasteiger partial charge >= 0.3 is 11.9 Å². The lowest BCUT2D eigenvalue weighted by atomic mass is 9.84. The third-order valence-corrected chi connectivity index (χ3v) is 18.5. The fraction of sp³-hybridized carbons (Fsp3) is 0.487. The Bertz CT molecular complexity index is 3370. The normalized spacial score (nSPS) is 20.3. The van der Waals surface area contributed by atoms with Crippen LogP contribution in [0.15, 0.2) is 224 Å². The molecular weight excluding hydrogens is 1100 g/mol. The first-order valence-electron chi connectivity index (χ1n) is 33.3. The molecule has 0 aromatic heterocycles. The van der Waals surface area contributed by atoms with Crippen molar-refractivity contribution in [3.63, 3.8) is 0 Å². The molecule has 0 radical (unpaired) electrons. The molecule has 9 nitrogen and oxygen atoms in total. The van der Waals surface area contributed by atoms with Crippen LogP contribution in [0, 0.1) is 17.8 Å². The number of hydrogen-bond acceptors (Lipinski definition) is 9. The highest BCUT2D eigenvalue weighted by Gasteiger charge is 2.49. The Balaban J connectivity index is 0.938. The third kappa shape index (κ3) is 20.2. The average Bonchev–Trinajstić information content (AvgIpc) is 1.64. The molecule has 1 aliphatic carbocycles. The monoisotopic (exact) mass is 1200 g/mol. The quantitative estimate of drug-likeness (QED) is 0.0511. The van der Waals surface area contributed by atoms with Crippen molar-refractivity contribution in [2.45, 2.75) is 226 Å². The van der Waals surface area contributed by atoms with Crippen LogP contribution in [0.1, 0.15) is 226 Å². The number of nitrogens with one attached hydrogen (secondary N) is 1. The lowest BCUT2D eigenvalue weighted by Gasteiger charge is -2.20. The number of rotatable bonds is 32. The van der Waals surface area contributed by atoms with Crippen LogP contribution in [0.2, 0.25) is 0 Å². The molecule has 0 aromatic rings. The lowest BCUT2D eigenvalue weighted by Crippen LogP contribution is -2.25. The molecule has 2 N–H and O–H groups in total. The van der Waals surface area contributed by atoms with E-state index in [0.717, 1.165) is 165 Å². The van der Waals surface area contributed by atoms with Crippen LogP contribution >= 0.6 is 0 Å². The zero-order valence-electron chi connectivity index (χ0n) is 57.5. The van der Waals surface area contributed by atoms with Crippen LogP contribution in [-0.2, 0) is 19.1 Å². The molecule has 0 saturated carbocycles. The number of carbonyl (C=O) groups excluding carboxylic acids is 2. The summed E-state index contributed by atoms with van der Waals surface area (Å²) in [5.41, 5.74) is 24.9. The zero-order valence-corrected chi connectivity index (χ0v) is 57.5. The number of aliphatic hydroxyl groups excluding tert-OH is 1. The molecule has 0 unspecified atom stereocenters. The fourth-order valence-corrected chi connectivity index (χ4v) is 12.6. The van der Waals surface area contributed by atoms with E-state index >= 15 is 0 Å². The molecule has 1 saturated heterocycles. The summed E-state index contributed by atoms with van der Waals surface area (Å²) in [6.45, 7) is 37.0. The number of methoxy groups -OCH3 is 1. The first-order valence-corrected chi connectivity index (χ1v) is 33.3. The summed E-state index contributed by atoms with van der Waals surface area (Å²) in [4.78, 5) is 42.7. The van der Waals surface area contributed by atoms with Crippen molar-refractivity contribution in [1.82, 2.24) is 5.32 Å². The summed E-state index contributed by atoms with van der Waals surface area (Å²) >= 11 is 0. The van der Waals surface area contributed by atoms with Crippen LogP contribution in [0.5, 0.6) is 0 Å². The van der Waals surface area contributed by atoms with Gasteiger partial charge in [-0.1, -0.05) is 125 Å². The van der Waals surface area contributed by atoms with Crippen molar-refractivity contribution in [3.05, 3.63) is 209 Å². The van der Waals surface area contributed by atoms with Gasteiger partial charge in [-0.25, -0.2) is 15.0 Å². The second-order valence-corrected chi connectivity index (χ2v) is 26.1. The van der Waals surface area contributed by atoms with Crippen LogP contribution in [0.3, 0.4) is 0 Å². The van der Waals surface area contributed by atoms with Crippen LogP contribution < -0.4 is 5.32 Å². The second-order valence-electron chi connectivity index (χ2n) is 26.1. The topological polar surface area (TPSA) is 122 Å². The molecule has 8 bridgehead atoms. The van der Waals surface area contributed by atoms with Gasteiger partial charge in [0.2, 0.25) is 0 Å². The number of hydrogen-bond donors (Lipinski definition) is 2. The Kier molecular flexibility index (Phi) is 27.7. The number of esters is 2. The Labute approximate surface area is 537 Å². The summed E-state index contributed by atoms with van der Waals surface area (Å²) in [6.07, 6.45) is 48.1. The lowest BCUT2D eigenvalue weighted by molar-refractivity contribution is -0.144. The number of ether oxygens (including phenoxy) is 2. The van der Waals surface area contributed by atoms with Crippen LogP contribution in [0.25, 0.3) is 0 Å². The molecule has 0 amide bonds. The van der Waals surface area contributed by atoms with Crippen molar-refractivity contribution < 1.29 is 24.2 Å². The second kappa shape index (κ2) is 34.7. The van der Waals surface area contributed by atoms with Gasteiger partial charge < -0.3 is 19.9 Å². The van der Waals surface area contributed by atoms with Gasteiger partial charge in [0.1, 0.15) is 18.3 Å². The van der Waals surface area contributed by atoms with E-state index in [1.165, 1.54) is 63.7 Å². The molecular formula is C80H108N4O5. The number of carbonyl (C=O) groups is 2. The predicted molar refractivity (Wildman–Crippen MR) is 377 cm³/mol. The van der Waals surface area contributed by atoms with Gasteiger partial charge in [0.05, 0.1) is 41.3 Å². The van der Waals surface area contributed by atoms with Gasteiger partial charge in [-0.05, 0) is 252 Å². The van der Waals surface area contributed by atoms with Gasteiger partial charge in [0, 0.05) is 46.4 Å². The molecule has 0 aromatic carbocycles. The number of fused-ring (bicyclic) bond motifs is 5. The summed E-state index contributed by atoms with van der Waals surface area (Å²) in [7, 11) is 1.33. The van der Waals surface area contributed by atoms with E-state index in [9.17, 15) is 14.7 Å². The Hall–Kier alpha value is -7.13. The first-order chi connectivity index (χ1) is 42.5. The zero-order chi connectivity index (χ0) is 64.9. The number of aliphatic imine (C=N–C) groups is 3. The minimum absolute atomic E-state index is 0.0918. The van der Waals surface area contributed by atoms with E-state index in [1.807, 2.05) is 38.2 Å². The standard InChI is InChI=1S/C80H108N4O5/c1-18-64-60(13)67-48-69-62(15)66(77(83-69)75-76(80(87)88-17)79(86)74-63(16)70(84-78(74)75)50-72-65(19-2)61(14)68(82-72)49-71(64)81-67)44-45-73(85)89-47-46-59(12)43-27-42-58(11)41-26-40-57(10)39-25-38-56(9)37-24-36-55(8)35-23-34-54(7)33-22-32-53(6)31-21-30-52(5)29-20-28-51(3)4/h18,28,30,32,34,36,38,40,42,46,48-50,62,66,76,83,86H,1,19-27,29,31,33,35,37,39,41,43-45,47H2,2-17H3/b52-30+,53-32+,54-34+,55-36+,56-38+,57-40+,58-42+,59-46+,69-48?,71-49?,72-50?,77-75?/t62-,66-,76+/m0/s1. The van der Waals surface area contributed by atoms with Crippen molar-refractivity contribution in [1.29, 1.82) is 0 Å².